The largest absolute Gasteiger partial charge is 0.508 e. The van der Waals surface area contributed by atoms with Gasteiger partial charge in [-0.3, -0.25) is 4.79 Å². The van der Waals surface area contributed by atoms with Gasteiger partial charge in [0.2, 0.25) is 0 Å². The fourth-order valence-electron chi connectivity index (χ4n) is 3.38. The van der Waals surface area contributed by atoms with Crippen molar-refractivity contribution in [3.8, 4) is 5.75 Å². The quantitative estimate of drug-likeness (QED) is 0.587. The normalized spacial score (nSPS) is 22.8. The number of rotatable bonds is 1. The van der Waals surface area contributed by atoms with E-state index in [2.05, 4.69) is 40.1 Å². The van der Waals surface area contributed by atoms with Crippen LogP contribution in [0.3, 0.4) is 0 Å². The molecule has 0 spiro atoms. The minimum absolute atomic E-state index is 0.0333. The van der Waals surface area contributed by atoms with Crippen molar-refractivity contribution >= 4 is 44.8 Å². The van der Waals surface area contributed by atoms with E-state index in [1.54, 1.807) is 17.4 Å². The van der Waals surface area contributed by atoms with Crippen LogP contribution in [0.5, 0.6) is 5.75 Å². The molecule has 0 unspecified atom stereocenters. The maximum Gasteiger partial charge on any atom is 0.256 e. The minimum atomic E-state index is -0.387. The first-order chi connectivity index (χ1) is 11.0. The molecule has 6 heteroatoms. The van der Waals surface area contributed by atoms with Crippen LogP contribution in [0.25, 0.3) is 0 Å². The number of fused-ring (bicyclic) bond motifs is 3. The van der Waals surface area contributed by atoms with Crippen molar-refractivity contribution in [2.45, 2.75) is 32.4 Å². The number of aromatic hydroxyl groups is 1. The van der Waals surface area contributed by atoms with Crippen LogP contribution < -0.4 is 10.6 Å². The van der Waals surface area contributed by atoms with Gasteiger partial charge in [0.25, 0.3) is 5.91 Å². The molecule has 1 aromatic carbocycles. The number of anilines is 1. The van der Waals surface area contributed by atoms with Gasteiger partial charge in [0, 0.05) is 14.0 Å². The number of hydrogen-bond acceptors (Lipinski definition) is 4. The molecule has 2 atom stereocenters. The van der Waals surface area contributed by atoms with Crippen LogP contribution in [-0.4, -0.2) is 11.0 Å². The Morgan fingerprint density at radius 1 is 1.35 bits per heavy atom. The van der Waals surface area contributed by atoms with Gasteiger partial charge in [-0.2, -0.15) is 0 Å². The molecule has 1 aromatic heterocycles. The lowest BCUT2D eigenvalue weighted by Gasteiger charge is -2.27. The Bertz CT molecular complexity index is 802. The van der Waals surface area contributed by atoms with Gasteiger partial charge in [-0.25, -0.2) is 0 Å². The van der Waals surface area contributed by atoms with E-state index >= 15 is 0 Å². The Balaban J connectivity index is 1.73. The van der Waals surface area contributed by atoms with Gasteiger partial charge in [-0.05, 0) is 71.5 Å². The summed E-state index contributed by atoms with van der Waals surface area (Å²) in [6, 6.07) is 5.41. The minimum Gasteiger partial charge on any atom is -0.508 e. The number of carbonyl (C=O) groups excluding carboxylic acids is 1. The number of amides is 1. The highest BCUT2D eigenvalue weighted by Crippen LogP contribution is 2.43. The third-order valence-corrected chi connectivity index (χ3v) is 6.45. The van der Waals surface area contributed by atoms with E-state index in [1.807, 2.05) is 12.1 Å². The van der Waals surface area contributed by atoms with Crippen LogP contribution in [0, 0.1) is 9.49 Å². The van der Waals surface area contributed by atoms with Crippen LogP contribution in [0.15, 0.2) is 18.2 Å². The summed E-state index contributed by atoms with van der Waals surface area (Å²) in [5.41, 5.74) is 2.74. The Morgan fingerprint density at radius 2 is 2.17 bits per heavy atom. The Labute approximate surface area is 152 Å². The van der Waals surface area contributed by atoms with Crippen molar-refractivity contribution in [3.05, 3.63) is 43.3 Å². The summed E-state index contributed by atoms with van der Waals surface area (Å²) in [7, 11) is 0. The average molecular weight is 440 g/mol. The third kappa shape index (κ3) is 2.61. The second-order valence-corrected chi connectivity index (χ2v) is 8.66. The van der Waals surface area contributed by atoms with E-state index < -0.39 is 0 Å². The third-order valence-electron chi connectivity index (χ3n) is 4.59. The maximum atomic E-state index is 12.7. The van der Waals surface area contributed by atoms with E-state index in [4.69, 9.17) is 0 Å². The highest BCUT2D eigenvalue weighted by molar-refractivity contribution is 14.1. The number of thiophene rings is 1. The second kappa shape index (κ2) is 5.66. The van der Waals surface area contributed by atoms with Gasteiger partial charge in [0.1, 0.15) is 16.9 Å². The van der Waals surface area contributed by atoms with Gasteiger partial charge in [0.15, 0.2) is 0 Å². The molecule has 2 heterocycles. The van der Waals surface area contributed by atoms with Crippen LogP contribution in [0.4, 0.5) is 5.00 Å². The molecule has 4 nitrogen and oxygen atoms in total. The zero-order valence-corrected chi connectivity index (χ0v) is 15.6. The fraction of sp³-hybridized carbons (Fsp3) is 0.353. The molecule has 0 bridgehead atoms. The molecule has 120 valence electrons. The first-order valence-corrected chi connectivity index (χ1v) is 9.63. The zero-order chi connectivity index (χ0) is 16.1. The molecule has 0 saturated carbocycles. The summed E-state index contributed by atoms with van der Waals surface area (Å²) in [5, 5.41) is 17.5. The number of benzene rings is 1. The van der Waals surface area contributed by atoms with Crippen LogP contribution in [0.1, 0.15) is 45.9 Å². The van der Waals surface area contributed by atoms with Gasteiger partial charge in [-0.1, -0.05) is 6.92 Å². The average Bonchev–Trinajstić information content (AvgIpc) is 2.87. The fourth-order valence-corrected chi connectivity index (χ4v) is 5.33. The second-order valence-electron chi connectivity index (χ2n) is 6.31. The summed E-state index contributed by atoms with van der Waals surface area (Å²) >= 11 is 3.90. The molecule has 1 aliphatic heterocycles. The highest BCUT2D eigenvalue weighted by Gasteiger charge is 2.33. The predicted octanol–water partition coefficient (Wildman–Crippen LogP) is 4.04. The van der Waals surface area contributed by atoms with Crippen molar-refractivity contribution in [1.82, 2.24) is 5.32 Å². The van der Waals surface area contributed by atoms with Gasteiger partial charge < -0.3 is 15.7 Å². The van der Waals surface area contributed by atoms with Crippen LogP contribution in [-0.2, 0) is 12.8 Å². The molecule has 23 heavy (non-hydrogen) atoms. The van der Waals surface area contributed by atoms with Crippen molar-refractivity contribution in [1.29, 1.82) is 0 Å². The van der Waals surface area contributed by atoms with Gasteiger partial charge in [-0.15, -0.1) is 11.3 Å². The number of halogens is 1. The number of phenols is 1. The smallest absolute Gasteiger partial charge is 0.256 e. The molecular weight excluding hydrogens is 423 g/mol. The maximum absolute atomic E-state index is 12.7. The molecule has 0 radical (unpaired) electrons. The van der Waals surface area contributed by atoms with E-state index in [0.29, 0.717) is 11.5 Å². The number of carbonyl (C=O) groups is 1. The first-order valence-electron chi connectivity index (χ1n) is 7.73. The van der Waals surface area contributed by atoms with Crippen molar-refractivity contribution in [2.24, 2.45) is 5.92 Å². The summed E-state index contributed by atoms with van der Waals surface area (Å²) in [6.45, 7) is 2.27. The van der Waals surface area contributed by atoms with E-state index in [-0.39, 0.29) is 17.8 Å². The molecule has 2 aliphatic rings. The van der Waals surface area contributed by atoms with Gasteiger partial charge in [0.05, 0.1) is 5.56 Å². The monoisotopic (exact) mass is 440 g/mol. The van der Waals surface area contributed by atoms with Crippen LogP contribution >= 0.6 is 33.9 Å². The van der Waals surface area contributed by atoms with E-state index in [0.717, 1.165) is 33.4 Å². The summed E-state index contributed by atoms with van der Waals surface area (Å²) in [4.78, 5) is 14.0. The number of nitrogens with one attached hydrogen (secondary N) is 2. The van der Waals surface area contributed by atoms with Crippen LogP contribution in [0.2, 0.25) is 0 Å². The SMILES string of the molecule is C[C@@H]1CCc2c(sc3c2C(=O)N[C@@H](c2cc(I)ccc2O)N3)C1. The van der Waals surface area contributed by atoms with Gasteiger partial charge >= 0.3 is 0 Å². The summed E-state index contributed by atoms with van der Waals surface area (Å²) < 4.78 is 1.02. The van der Waals surface area contributed by atoms with Crippen molar-refractivity contribution < 1.29 is 9.90 Å². The zero-order valence-electron chi connectivity index (χ0n) is 12.6. The highest BCUT2D eigenvalue weighted by atomic mass is 127. The predicted molar refractivity (Wildman–Crippen MR) is 100 cm³/mol. The molecule has 3 N–H and O–H groups in total. The topological polar surface area (TPSA) is 61.4 Å². The molecule has 4 rings (SSSR count). The Hall–Kier alpha value is -1.28. The molecule has 0 saturated heterocycles. The Kier molecular flexibility index (Phi) is 3.76. The van der Waals surface area contributed by atoms with E-state index in [9.17, 15) is 9.90 Å². The Morgan fingerprint density at radius 3 is 3.00 bits per heavy atom. The summed E-state index contributed by atoms with van der Waals surface area (Å²) in [6.07, 6.45) is 2.80. The molecule has 1 aliphatic carbocycles. The number of phenolic OH excluding ortho intramolecular Hbond substituents is 1. The lowest BCUT2D eigenvalue weighted by atomic mass is 9.88. The lowest BCUT2D eigenvalue weighted by Crippen LogP contribution is -2.38. The van der Waals surface area contributed by atoms with E-state index in [1.165, 1.54) is 10.4 Å². The van der Waals surface area contributed by atoms with Crippen molar-refractivity contribution in [3.63, 3.8) is 0 Å². The molecule has 0 fully saturated rings. The summed E-state index contributed by atoms with van der Waals surface area (Å²) in [5.74, 6) is 0.844. The molecule has 2 aromatic rings. The van der Waals surface area contributed by atoms with Crippen molar-refractivity contribution in [2.75, 3.05) is 5.32 Å². The molecule has 1 amide bonds. The lowest BCUT2D eigenvalue weighted by molar-refractivity contribution is 0.0935. The molecular formula is C17H17IN2O2S. The number of hydrogen-bond donors (Lipinski definition) is 3. The first kappa shape index (κ1) is 15.3. The standard InChI is InChI=1S/C17H17IN2O2S/c1-8-2-4-10-13(6-8)23-17-14(10)16(22)19-15(20-17)11-7-9(18)3-5-12(11)21/h3,5,7-8,15,20-21H,2,4,6H2,1H3,(H,19,22)/t8-,15-/m1/s1.